The van der Waals surface area contributed by atoms with Crippen molar-refractivity contribution in [1.82, 2.24) is 0 Å². The first-order chi connectivity index (χ1) is 15.8. The van der Waals surface area contributed by atoms with Gasteiger partial charge in [0.05, 0.1) is 5.92 Å². The Balaban J connectivity index is 1.48. The number of ether oxygens (including phenoxy) is 1. The third kappa shape index (κ3) is 2.92. The lowest BCUT2D eigenvalue weighted by Gasteiger charge is -2.63. The summed E-state index contributed by atoms with van der Waals surface area (Å²) in [6.45, 7) is 17.1. The Bertz CT molecular complexity index is 1000. The van der Waals surface area contributed by atoms with Crippen LogP contribution in [0.1, 0.15) is 92.9 Å². The lowest BCUT2D eigenvalue weighted by atomic mass is 9.41. The van der Waals surface area contributed by atoms with E-state index >= 15 is 0 Å². The summed E-state index contributed by atoms with van der Waals surface area (Å²) in [5.74, 6) is 1.22. The zero-order chi connectivity index (χ0) is 24.8. The fourth-order valence-electron chi connectivity index (χ4n) is 9.59. The van der Waals surface area contributed by atoms with Crippen molar-refractivity contribution in [1.29, 1.82) is 0 Å². The van der Waals surface area contributed by atoms with Gasteiger partial charge in [-0.3, -0.25) is 14.4 Å². The van der Waals surface area contributed by atoms with Crippen molar-refractivity contribution in [3.63, 3.8) is 0 Å². The predicted molar refractivity (Wildman–Crippen MR) is 132 cm³/mol. The Morgan fingerprint density at radius 1 is 1.15 bits per heavy atom. The van der Waals surface area contributed by atoms with Crippen LogP contribution < -0.4 is 0 Å². The molecule has 4 fully saturated rings. The van der Waals surface area contributed by atoms with Crippen LogP contribution in [0.3, 0.4) is 0 Å². The molecule has 0 aromatic rings. The number of hydrogen-bond donors (Lipinski definition) is 0. The van der Waals surface area contributed by atoms with E-state index in [0.717, 1.165) is 32.1 Å². The summed E-state index contributed by atoms with van der Waals surface area (Å²) < 4.78 is 6.03. The van der Waals surface area contributed by atoms with E-state index in [1.54, 1.807) is 12.5 Å². The molecule has 1 saturated heterocycles. The fraction of sp³-hybridized carbons (Fsp3) is 0.767. The summed E-state index contributed by atoms with van der Waals surface area (Å²) in [4.78, 5) is 38.0. The average Bonchev–Trinajstić information content (AvgIpc) is 3.18. The number of carbonyl (C=O) groups is 3. The number of fused-ring (bicyclic) bond motifs is 7. The van der Waals surface area contributed by atoms with Gasteiger partial charge >= 0.3 is 5.97 Å². The van der Waals surface area contributed by atoms with Gasteiger partial charge < -0.3 is 4.74 Å². The molecule has 4 heteroatoms. The van der Waals surface area contributed by atoms with Crippen molar-refractivity contribution in [3.05, 3.63) is 23.8 Å². The zero-order valence-corrected chi connectivity index (χ0v) is 22.0. The topological polar surface area (TPSA) is 60.4 Å². The van der Waals surface area contributed by atoms with Gasteiger partial charge in [0, 0.05) is 24.2 Å². The molecule has 0 aromatic carbocycles. The van der Waals surface area contributed by atoms with Gasteiger partial charge in [-0.05, 0) is 79.1 Å². The number of ketones is 2. The highest BCUT2D eigenvalue weighted by Gasteiger charge is 2.71. The molecule has 0 aromatic heterocycles. The Labute approximate surface area is 205 Å². The quantitative estimate of drug-likeness (QED) is 0.280. The van der Waals surface area contributed by atoms with Crippen LogP contribution in [-0.2, 0) is 19.1 Å². The Hall–Kier alpha value is -1.71. The van der Waals surface area contributed by atoms with Crippen molar-refractivity contribution in [2.45, 2.75) is 99.0 Å². The van der Waals surface area contributed by atoms with Gasteiger partial charge in [-0.1, -0.05) is 52.8 Å². The first-order valence-corrected chi connectivity index (χ1v) is 13.4. The molecule has 1 unspecified atom stereocenters. The standard InChI is InChI=1S/C30H42O4/c1-17(2)21(31)10-8-18-25-22(34-26(18)33)16-30(7)20-9-11-23-27(3,4)24(32)13-14-28(23,5)19(20)12-15-29(25,30)6/h9,18-19,22-23,25H,1,8,10-16H2,2-7H3/t18?,19-,22-,23-,25+,28+,29-,30+/m0/s1. The second-order valence-corrected chi connectivity index (χ2v) is 13.5. The van der Waals surface area contributed by atoms with E-state index in [9.17, 15) is 14.4 Å². The summed E-state index contributed by atoms with van der Waals surface area (Å²) in [5, 5.41) is 0. The summed E-state index contributed by atoms with van der Waals surface area (Å²) >= 11 is 0. The van der Waals surface area contributed by atoms with Gasteiger partial charge in [-0.25, -0.2) is 0 Å². The lowest BCUT2D eigenvalue weighted by molar-refractivity contribution is -0.147. The molecule has 5 aliphatic rings. The van der Waals surface area contributed by atoms with Gasteiger partial charge in [-0.15, -0.1) is 0 Å². The normalized spacial score (nSPS) is 46.5. The highest BCUT2D eigenvalue weighted by molar-refractivity contribution is 5.94. The maximum Gasteiger partial charge on any atom is 0.309 e. The second-order valence-electron chi connectivity index (χ2n) is 13.5. The number of allylic oxidation sites excluding steroid dienone is 3. The van der Waals surface area contributed by atoms with Gasteiger partial charge in [0.2, 0.25) is 0 Å². The number of rotatable bonds is 4. The van der Waals surface area contributed by atoms with Crippen LogP contribution in [0, 0.1) is 45.3 Å². The molecule has 0 amide bonds. The lowest BCUT2D eigenvalue weighted by Crippen LogP contribution is -2.57. The van der Waals surface area contributed by atoms with E-state index in [4.69, 9.17) is 4.74 Å². The van der Waals surface area contributed by atoms with E-state index in [1.165, 1.54) is 0 Å². The molecule has 8 atom stereocenters. The van der Waals surface area contributed by atoms with Crippen molar-refractivity contribution in [2.24, 2.45) is 45.3 Å². The van der Waals surface area contributed by atoms with Gasteiger partial charge in [0.25, 0.3) is 0 Å². The van der Waals surface area contributed by atoms with Crippen molar-refractivity contribution in [3.8, 4) is 0 Å². The van der Waals surface area contributed by atoms with Crippen LogP contribution in [0.5, 0.6) is 0 Å². The van der Waals surface area contributed by atoms with Gasteiger partial charge in [0.15, 0.2) is 5.78 Å². The van der Waals surface area contributed by atoms with Gasteiger partial charge in [0.1, 0.15) is 11.9 Å². The number of hydrogen-bond acceptors (Lipinski definition) is 4. The molecule has 4 aliphatic carbocycles. The van der Waals surface area contributed by atoms with Crippen LogP contribution in [0.25, 0.3) is 0 Å². The summed E-state index contributed by atoms with van der Waals surface area (Å²) in [7, 11) is 0. The molecule has 0 bridgehead atoms. The zero-order valence-electron chi connectivity index (χ0n) is 22.0. The second kappa shape index (κ2) is 7.40. The van der Waals surface area contributed by atoms with E-state index < -0.39 is 0 Å². The fourth-order valence-corrected chi connectivity index (χ4v) is 9.59. The predicted octanol–water partition coefficient (Wildman–Crippen LogP) is 6.24. The van der Waals surface area contributed by atoms with E-state index in [-0.39, 0.29) is 51.4 Å². The Morgan fingerprint density at radius 3 is 2.53 bits per heavy atom. The molecule has 5 rings (SSSR count). The summed E-state index contributed by atoms with van der Waals surface area (Å²) in [6.07, 6.45) is 9.11. The molecule has 0 spiro atoms. The first-order valence-electron chi connectivity index (χ1n) is 13.4. The molecule has 34 heavy (non-hydrogen) atoms. The van der Waals surface area contributed by atoms with Crippen LogP contribution in [0.15, 0.2) is 23.8 Å². The van der Waals surface area contributed by atoms with Crippen molar-refractivity contribution < 1.29 is 19.1 Å². The minimum absolute atomic E-state index is 0.0118. The van der Waals surface area contributed by atoms with Crippen LogP contribution in [-0.4, -0.2) is 23.6 Å². The molecule has 0 N–H and O–H groups in total. The third-order valence-corrected chi connectivity index (χ3v) is 11.8. The summed E-state index contributed by atoms with van der Waals surface area (Å²) in [6, 6.07) is 0. The molecule has 3 saturated carbocycles. The van der Waals surface area contributed by atoms with Crippen molar-refractivity contribution in [2.75, 3.05) is 0 Å². The maximum absolute atomic E-state index is 12.9. The summed E-state index contributed by atoms with van der Waals surface area (Å²) in [5.41, 5.74) is 1.99. The molecule has 4 nitrogen and oxygen atoms in total. The van der Waals surface area contributed by atoms with Crippen LogP contribution >= 0.6 is 0 Å². The number of Topliss-reactive ketones (excluding diaryl/α,β-unsaturated/α-hetero) is 2. The SMILES string of the molecule is C=C(C)C(=O)CCC1C(=O)O[C@H]2C[C@]3(C)C4=CC[C@H]5C(C)(C)C(=O)CC[C@]5(C)[C@H]4CC[C@@]3(C)[C@H]12. The van der Waals surface area contributed by atoms with E-state index in [1.807, 2.05) is 0 Å². The smallest absolute Gasteiger partial charge is 0.309 e. The molecule has 1 heterocycles. The van der Waals surface area contributed by atoms with Crippen molar-refractivity contribution >= 4 is 17.5 Å². The van der Waals surface area contributed by atoms with E-state index in [0.29, 0.717) is 42.5 Å². The molecule has 1 aliphatic heterocycles. The molecule has 186 valence electrons. The molecule has 0 radical (unpaired) electrons. The third-order valence-electron chi connectivity index (χ3n) is 11.8. The van der Waals surface area contributed by atoms with Gasteiger partial charge in [-0.2, -0.15) is 0 Å². The largest absolute Gasteiger partial charge is 0.462 e. The average molecular weight is 467 g/mol. The Morgan fingerprint density at radius 2 is 1.85 bits per heavy atom. The number of carbonyl (C=O) groups excluding carboxylic acids is 3. The van der Waals surface area contributed by atoms with E-state index in [2.05, 4.69) is 47.3 Å². The van der Waals surface area contributed by atoms with Crippen LogP contribution in [0.4, 0.5) is 0 Å². The molecular weight excluding hydrogens is 424 g/mol. The minimum Gasteiger partial charge on any atom is -0.462 e. The Kier molecular flexibility index (Phi) is 5.22. The van der Waals surface area contributed by atoms with Crippen LogP contribution in [0.2, 0.25) is 0 Å². The maximum atomic E-state index is 12.9. The highest BCUT2D eigenvalue weighted by Crippen LogP contribution is 2.74. The number of esters is 1. The molecular formula is C30H42O4. The monoisotopic (exact) mass is 466 g/mol. The minimum atomic E-state index is -0.265. The first kappa shape index (κ1) is 24.0. The highest BCUT2D eigenvalue weighted by atomic mass is 16.6.